The van der Waals surface area contributed by atoms with E-state index in [1.165, 1.54) is 64.5 Å². The molecule has 0 aromatic rings. The number of piperazine rings is 1. The van der Waals surface area contributed by atoms with Gasteiger partial charge >= 0.3 is 0 Å². The van der Waals surface area contributed by atoms with Crippen LogP contribution < -0.4 is 5.32 Å². The molecule has 2 nitrogen and oxygen atoms in total. The van der Waals surface area contributed by atoms with E-state index in [1.54, 1.807) is 0 Å². The van der Waals surface area contributed by atoms with E-state index in [0.717, 1.165) is 6.04 Å². The van der Waals surface area contributed by atoms with Crippen molar-refractivity contribution in [2.45, 2.75) is 82.3 Å². The van der Waals surface area contributed by atoms with Gasteiger partial charge in [-0.1, -0.05) is 25.7 Å². The predicted molar refractivity (Wildman–Crippen MR) is 72.2 cm³/mol. The molecule has 17 heavy (non-hydrogen) atoms. The molecule has 0 unspecified atom stereocenters. The summed E-state index contributed by atoms with van der Waals surface area (Å²) in [5.74, 6) is 0. The maximum absolute atomic E-state index is 3.98. The van der Waals surface area contributed by atoms with Crippen LogP contribution in [-0.4, -0.2) is 35.1 Å². The van der Waals surface area contributed by atoms with E-state index in [0.29, 0.717) is 11.1 Å². The summed E-state index contributed by atoms with van der Waals surface area (Å²) in [6, 6.07) is 0.897. The molecular weight excluding hydrogens is 208 g/mol. The second kappa shape index (κ2) is 4.24. The second-order valence-corrected chi connectivity index (χ2v) is 7.34. The Balaban J connectivity index is 1.76. The Bertz CT molecular complexity index is 273. The molecule has 2 aliphatic carbocycles. The lowest BCUT2D eigenvalue weighted by molar-refractivity contribution is 0.0345. The zero-order valence-electron chi connectivity index (χ0n) is 11.6. The summed E-state index contributed by atoms with van der Waals surface area (Å²) in [4.78, 5) is 2.83. The molecule has 0 amide bonds. The van der Waals surface area contributed by atoms with Crippen molar-refractivity contribution >= 4 is 0 Å². The van der Waals surface area contributed by atoms with E-state index in [-0.39, 0.29) is 0 Å². The van der Waals surface area contributed by atoms with E-state index < -0.39 is 0 Å². The Labute approximate surface area is 106 Å². The smallest absolute Gasteiger partial charge is 0.0314 e. The monoisotopic (exact) mass is 236 g/mol. The average Bonchev–Trinajstić information content (AvgIpc) is 2.86. The van der Waals surface area contributed by atoms with Gasteiger partial charge < -0.3 is 5.32 Å². The normalized spacial score (nSPS) is 33.5. The maximum Gasteiger partial charge on any atom is 0.0314 e. The van der Waals surface area contributed by atoms with Crippen LogP contribution in [0.25, 0.3) is 0 Å². The molecule has 0 atom stereocenters. The third-order valence-corrected chi connectivity index (χ3v) is 5.11. The van der Waals surface area contributed by atoms with Gasteiger partial charge in [0.1, 0.15) is 0 Å². The fourth-order valence-electron chi connectivity index (χ4n) is 4.61. The number of nitrogens with one attached hydrogen (secondary N) is 1. The van der Waals surface area contributed by atoms with Crippen LogP contribution in [0.1, 0.15) is 65.2 Å². The molecular formula is C15H28N2. The minimum Gasteiger partial charge on any atom is -0.304 e. The van der Waals surface area contributed by atoms with Crippen LogP contribution in [0.4, 0.5) is 0 Å². The molecule has 0 radical (unpaired) electrons. The molecule has 2 heteroatoms. The number of hydrogen-bond donors (Lipinski definition) is 1. The van der Waals surface area contributed by atoms with E-state index in [4.69, 9.17) is 0 Å². The first-order chi connectivity index (χ1) is 8.09. The molecule has 0 bridgehead atoms. The van der Waals surface area contributed by atoms with Crippen molar-refractivity contribution in [1.29, 1.82) is 0 Å². The molecule has 3 rings (SSSR count). The van der Waals surface area contributed by atoms with Gasteiger partial charge in [-0.3, -0.25) is 4.90 Å². The molecule has 98 valence electrons. The first-order valence-corrected chi connectivity index (χ1v) is 7.62. The van der Waals surface area contributed by atoms with Crippen LogP contribution in [0, 0.1) is 0 Å². The lowest BCUT2D eigenvalue weighted by atomic mass is 9.86. The van der Waals surface area contributed by atoms with Gasteiger partial charge in [-0.05, 0) is 39.5 Å². The maximum atomic E-state index is 3.98. The van der Waals surface area contributed by atoms with Crippen molar-refractivity contribution in [3.63, 3.8) is 0 Å². The van der Waals surface area contributed by atoms with E-state index >= 15 is 0 Å². The number of rotatable bonds is 1. The first kappa shape index (κ1) is 12.0. The molecule has 3 fully saturated rings. The second-order valence-electron chi connectivity index (χ2n) is 7.34. The van der Waals surface area contributed by atoms with Crippen LogP contribution in [0.2, 0.25) is 0 Å². The van der Waals surface area contributed by atoms with Crippen molar-refractivity contribution < 1.29 is 0 Å². The fraction of sp³-hybridized carbons (Fsp3) is 1.00. The third kappa shape index (κ3) is 2.39. The Morgan fingerprint density at radius 3 is 2.24 bits per heavy atom. The Morgan fingerprint density at radius 1 is 0.941 bits per heavy atom. The third-order valence-electron chi connectivity index (χ3n) is 5.11. The minimum atomic E-state index is 0.311. The molecule has 1 heterocycles. The highest BCUT2D eigenvalue weighted by molar-refractivity contribution is 5.06. The summed E-state index contributed by atoms with van der Waals surface area (Å²) in [5, 5.41) is 3.98. The first-order valence-electron chi connectivity index (χ1n) is 7.62. The topological polar surface area (TPSA) is 15.3 Å². The quantitative estimate of drug-likeness (QED) is 0.753. The molecule has 2 saturated carbocycles. The largest absolute Gasteiger partial charge is 0.304 e. The standard InChI is InChI=1S/C15H28N2/c1-14(2)11-17(13-7-3-4-8-13)12-15(16-14)9-5-6-10-15/h13,16H,3-12H2,1-2H3. The van der Waals surface area contributed by atoms with Gasteiger partial charge in [0.05, 0.1) is 0 Å². The van der Waals surface area contributed by atoms with Gasteiger partial charge in [-0.2, -0.15) is 0 Å². The summed E-state index contributed by atoms with van der Waals surface area (Å²) >= 11 is 0. The van der Waals surface area contributed by atoms with Crippen molar-refractivity contribution in [3.8, 4) is 0 Å². The zero-order chi connectivity index (χ0) is 11.9. The van der Waals surface area contributed by atoms with Crippen molar-refractivity contribution in [3.05, 3.63) is 0 Å². The Kier molecular flexibility index (Phi) is 2.99. The highest BCUT2D eigenvalue weighted by atomic mass is 15.3. The highest BCUT2D eigenvalue weighted by Gasteiger charge is 2.45. The van der Waals surface area contributed by atoms with Crippen molar-refractivity contribution in [2.75, 3.05) is 13.1 Å². The number of hydrogen-bond acceptors (Lipinski definition) is 2. The molecule has 0 aromatic heterocycles. The van der Waals surface area contributed by atoms with Gasteiger partial charge in [-0.25, -0.2) is 0 Å². The molecule has 1 saturated heterocycles. The number of nitrogens with zero attached hydrogens (tertiary/aromatic N) is 1. The van der Waals surface area contributed by atoms with Crippen LogP contribution in [-0.2, 0) is 0 Å². The van der Waals surface area contributed by atoms with E-state index in [9.17, 15) is 0 Å². The summed E-state index contributed by atoms with van der Waals surface area (Å²) in [7, 11) is 0. The van der Waals surface area contributed by atoms with Crippen LogP contribution >= 0.6 is 0 Å². The van der Waals surface area contributed by atoms with E-state index in [2.05, 4.69) is 24.1 Å². The lowest BCUT2D eigenvalue weighted by Gasteiger charge is -2.52. The molecule has 1 N–H and O–H groups in total. The molecule has 1 aliphatic heterocycles. The Morgan fingerprint density at radius 2 is 1.59 bits per heavy atom. The van der Waals surface area contributed by atoms with Crippen LogP contribution in [0.3, 0.4) is 0 Å². The summed E-state index contributed by atoms with van der Waals surface area (Å²) in [6.45, 7) is 7.36. The molecule has 1 spiro atoms. The zero-order valence-corrected chi connectivity index (χ0v) is 11.6. The van der Waals surface area contributed by atoms with Gasteiger partial charge in [0, 0.05) is 30.2 Å². The average molecular weight is 236 g/mol. The van der Waals surface area contributed by atoms with Crippen LogP contribution in [0.5, 0.6) is 0 Å². The SMILES string of the molecule is CC1(C)CN(C2CCCC2)CC2(CCCC2)N1. The van der Waals surface area contributed by atoms with Gasteiger partial charge in [0.2, 0.25) is 0 Å². The summed E-state index contributed by atoms with van der Waals surface area (Å²) < 4.78 is 0. The van der Waals surface area contributed by atoms with Gasteiger partial charge in [0.15, 0.2) is 0 Å². The highest BCUT2D eigenvalue weighted by Crippen LogP contribution is 2.38. The Hall–Kier alpha value is -0.0800. The predicted octanol–water partition coefficient (Wildman–Crippen LogP) is 2.93. The molecule has 0 aromatic carbocycles. The van der Waals surface area contributed by atoms with Gasteiger partial charge in [0.25, 0.3) is 0 Å². The minimum absolute atomic E-state index is 0.311. The fourth-order valence-corrected chi connectivity index (χ4v) is 4.61. The van der Waals surface area contributed by atoms with Gasteiger partial charge in [-0.15, -0.1) is 0 Å². The molecule has 3 aliphatic rings. The summed E-state index contributed by atoms with van der Waals surface area (Å²) in [6.07, 6.45) is 11.5. The van der Waals surface area contributed by atoms with Crippen molar-refractivity contribution in [1.82, 2.24) is 10.2 Å². The summed E-state index contributed by atoms with van der Waals surface area (Å²) in [5.41, 5.74) is 0.773. The van der Waals surface area contributed by atoms with Crippen molar-refractivity contribution in [2.24, 2.45) is 0 Å². The van der Waals surface area contributed by atoms with Crippen LogP contribution in [0.15, 0.2) is 0 Å². The lowest BCUT2D eigenvalue weighted by Crippen LogP contribution is -2.69. The van der Waals surface area contributed by atoms with E-state index in [1.807, 2.05) is 0 Å².